The first-order chi connectivity index (χ1) is 15.2. The molecule has 5 nitrogen and oxygen atoms in total. The van der Waals surface area contributed by atoms with E-state index >= 15 is 0 Å². The Morgan fingerprint density at radius 1 is 1.00 bits per heavy atom. The lowest BCUT2D eigenvalue weighted by atomic mass is 9.77. The van der Waals surface area contributed by atoms with Crippen LogP contribution in [0.2, 0.25) is 0 Å². The number of carbonyl (C=O) groups excluding carboxylic acids is 1. The summed E-state index contributed by atoms with van der Waals surface area (Å²) < 4.78 is 16.7. The standard InChI is InChI=1S/C26H26O5/c1-29-20-13-11-19(12-14-20)25(27)24-22(15-16-30-26(24)28)21-9-5-6-10-23(21)31-17-18-7-3-2-4-8-18/h2-14,22,24-25,27H,15-17H2,1H3/t22-,24+,25+/m0/s1. The molecule has 1 N–H and O–H groups in total. The van der Waals surface area contributed by atoms with Crippen LogP contribution in [0.4, 0.5) is 0 Å². The van der Waals surface area contributed by atoms with Gasteiger partial charge in [0.15, 0.2) is 0 Å². The molecule has 3 aromatic rings. The summed E-state index contributed by atoms with van der Waals surface area (Å²) >= 11 is 0. The molecule has 0 saturated carbocycles. The van der Waals surface area contributed by atoms with Gasteiger partial charge in [0.05, 0.1) is 25.7 Å². The molecule has 0 spiro atoms. The average Bonchev–Trinajstić information content (AvgIpc) is 2.83. The van der Waals surface area contributed by atoms with E-state index < -0.39 is 18.0 Å². The fraction of sp³-hybridized carbons (Fsp3) is 0.269. The van der Waals surface area contributed by atoms with Crippen molar-refractivity contribution >= 4 is 5.97 Å². The molecule has 0 radical (unpaired) electrons. The number of para-hydroxylation sites is 1. The Morgan fingerprint density at radius 3 is 2.45 bits per heavy atom. The van der Waals surface area contributed by atoms with E-state index in [4.69, 9.17) is 14.2 Å². The predicted molar refractivity (Wildman–Crippen MR) is 117 cm³/mol. The van der Waals surface area contributed by atoms with Crippen LogP contribution in [0.1, 0.15) is 35.1 Å². The Balaban J connectivity index is 1.61. The van der Waals surface area contributed by atoms with Gasteiger partial charge in [0.2, 0.25) is 0 Å². The fourth-order valence-corrected chi connectivity index (χ4v) is 4.09. The van der Waals surface area contributed by atoms with E-state index in [-0.39, 0.29) is 5.92 Å². The van der Waals surface area contributed by atoms with E-state index in [1.54, 1.807) is 31.4 Å². The van der Waals surface area contributed by atoms with Gasteiger partial charge in [-0.05, 0) is 41.3 Å². The molecule has 5 heteroatoms. The van der Waals surface area contributed by atoms with Crippen molar-refractivity contribution in [1.82, 2.24) is 0 Å². The van der Waals surface area contributed by atoms with Gasteiger partial charge in [-0.25, -0.2) is 0 Å². The SMILES string of the molecule is COc1ccc([C@@H](O)[C@@H]2C(=O)OCC[C@H]2c2ccccc2OCc2ccccc2)cc1. The molecule has 31 heavy (non-hydrogen) atoms. The second-order valence-corrected chi connectivity index (χ2v) is 7.62. The molecule has 0 bridgehead atoms. The van der Waals surface area contributed by atoms with Gasteiger partial charge in [0.25, 0.3) is 0 Å². The molecular weight excluding hydrogens is 392 g/mol. The largest absolute Gasteiger partial charge is 0.497 e. The van der Waals surface area contributed by atoms with Gasteiger partial charge in [-0.2, -0.15) is 0 Å². The van der Waals surface area contributed by atoms with Gasteiger partial charge in [0, 0.05) is 5.92 Å². The maximum Gasteiger partial charge on any atom is 0.312 e. The Bertz CT molecular complexity index is 1000. The maximum atomic E-state index is 12.8. The third-order valence-corrected chi connectivity index (χ3v) is 5.73. The first kappa shape index (κ1) is 20.9. The van der Waals surface area contributed by atoms with Crippen LogP contribution in [0, 0.1) is 5.92 Å². The summed E-state index contributed by atoms with van der Waals surface area (Å²) in [6, 6.07) is 24.8. The van der Waals surface area contributed by atoms with Crippen molar-refractivity contribution in [2.24, 2.45) is 5.92 Å². The summed E-state index contributed by atoms with van der Waals surface area (Å²) in [4.78, 5) is 12.8. The second kappa shape index (κ2) is 9.67. The lowest BCUT2D eigenvalue weighted by Gasteiger charge is -2.34. The number of benzene rings is 3. The van der Waals surface area contributed by atoms with Gasteiger partial charge in [-0.15, -0.1) is 0 Å². The topological polar surface area (TPSA) is 65.0 Å². The molecule has 3 aromatic carbocycles. The molecule has 1 saturated heterocycles. The van der Waals surface area contributed by atoms with Crippen LogP contribution in [-0.2, 0) is 16.1 Å². The van der Waals surface area contributed by atoms with E-state index in [2.05, 4.69) is 0 Å². The fourth-order valence-electron chi connectivity index (χ4n) is 4.09. The summed E-state index contributed by atoms with van der Waals surface area (Å²) in [6.45, 7) is 0.753. The average molecular weight is 418 g/mol. The summed E-state index contributed by atoms with van der Waals surface area (Å²) in [5, 5.41) is 11.1. The van der Waals surface area contributed by atoms with Crippen LogP contribution in [-0.4, -0.2) is 24.8 Å². The zero-order chi connectivity index (χ0) is 21.6. The molecule has 3 atom stereocenters. The minimum Gasteiger partial charge on any atom is -0.497 e. The molecule has 0 amide bonds. The number of methoxy groups -OCH3 is 1. The van der Waals surface area contributed by atoms with E-state index in [1.165, 1.54) is 0 Å². The quantitative estimate of drug-likeness (QED) is 0.566. The molecule has 160 valence electrons. The zero-order valence-corrected chi connectivity index (χ0v) is 17.4. The Morgan fingerprint density at radius 2 is 1.71 bits per heavy atom. The highest BCUT2D eigenvalue weighted by Crippen LogP contribution is 2.43. The zero-order valence-electron chi connectivity index (χ0n) is 17.4. The molecule has 1 heterocycles. The molecular formula is C26H26O5. The van der Waals surface area contributed by atoms with Gasteiger partial charge < -0.3 is 19.3 Å². The van der Waals surface area contributed by atoms with E-state index in [9.17, 15) is 9.90 Å². The highest BCUT2D eigenvalue weighted by atomic mass is 16.5. The van der Waals surface area contributed by atoms with E-state index in [1.807, 2.05) is 54.6 Å². The molecule has 0 aromatic heterocycles. The third kappa shape index (κ3) is 4.72. The summed E-state index contributed by atoms with van der Waals surface area (Å²) in [7, 11) is 1.59. The smallest absolute Gasteiger partial charge is 0.312 e. The highest BCUT2D eigenvalue weighted by molar-refractivity contribution is 5.76. The number of aliphatic hydroxyl groups excluding tert-OH is 1. The van der Waals surface area contributed by atoms with Crippen molar-refractivity contribution < 1.29 is 24.1 Å². The molecule has 0 aliphatic carbocycles. The number of aliphatic hydroxyl groups is 1. The number of cyclic esters (lactones) is 1. The first-order valence-corrected chi connectivity index (χ1v) is 10.4. The Kier molecular flexibility index (Phi) is 6.53. The summed E-state index contributed by atoms with van der Waals surface area (Å²) in [5.74, 6) is 0.0859. The minimum absolute atomic E-state index is 0.217. The van der Waals surface area contributed by atoms with Crippen molar-refractivity contribution in [1.29, 1.82) is 0 Å². The van der Waals surface area contributed by atoms with Crippen molar-refractivity contribution in [3.63, 3.8) is 0 Å². The summed E-state index contributed by atoms with van der Waals surface area (Å²) in [5.41, 5.74) is 2.63. The lowest BCUT2D eigenvalue weighted by molar-refractivity contribution is -0.159. The third-order valence-electron chi connectivity index (χ3n) is 5.73. The maximum absolute atomic E-state index is 12.8. The Labute approximate surface area is 182 Å². The van der Waals surface area contributed by atoms with Crippen LogP contribution in [0.5, 0.6) is 11.5 Å². The molecule has 1 fully saturated rings. The van der Waals surface area contributed by atoms with E-state index in [0.29, 0.717) is 30.9 Å². The minimum atomic E-state index is -0.995. The summed E-state index contributed by atoms with van der Waals surface area (Å²) in [6.07, 6.45) is -0.374. The number of ether oxygens (including phenoxy) is 3. The van der Waals surface area contributed by atoms with Crippen LogP contribution in [0.3, 0.4) is 0 Å². The number of rotatable bonds is 7. The van der Waals surface area contributed by atoms with Crippen molar-refractivity contribution in [3.8, 4) is 11.5 Å². The van der Waals surface area contributed by atoms with Gasteiger partial charge in [-0.3, -0.25) is 4.79 Å². The monoisotopic (exact) mass is 418 g/mol. The van der Waals surface area contributed by atoms with Gasteiger partial charge >= 0.3 is 5.97 Å². The molecule has 1 aliphatic rings. The van der Waals surface area contributed by atoms with Crippen LogP contribution in [0.15, 0.2) is 78.9 Å². The number of hydrogen-bond donors (Lipinski definition) is 1. The first-order valence-electron chi connectivity index (χ1n) is 10.4. The van der Waals surface area contributed by atoms with Gasteiger partial charge in [-0.1, -0.05) is 60.7 Å². The molecule has 1 aliphatic heterocycles. The highest BCUT2D eigenvalue weighted by Gasteiger charge is 2.41. The molecule has 4 rings (SSSR count). The van der Waals surface area contributed by atoms with E-state index in [0.717, 1.165) is 16.9 Å². The van der Waals surface area contributed by atoms with Gasteiger partial charge in [0.1, 0.15) is 18.1 Å². The van der Waals surface area contributed by atoms with Crippen LogP contribution < -0.4 is 9.47 Å². The van der Waals surface area contributed by atoms with Crippen molar-refractivity contribution in [2.75, 3.05) is 13.7 Å². The number of esters is 1. The lowest BCUT2D eigenvalue weighted by Crippen LogP contribution is -2.35. The predicted octanol–water partition coefficient (Wildman–Crippen LogP) is 4.65. The van der Waals surface area contributed by atoms with Crippen LogP contribution in [0.25, 0.3) is 0 Å². The number of hydrogen-bond acceptors (Lipinski definition) is 5. The van der Waals surface area contributed by atoms with Crippen molar-refractivity contribution in [2.45, 2.75) is 25.0 Å². The second-order valence-electron chi connectivity index (χ2n) is 7.62. The molecule has 0 unspecified atom stereocenters. The Hall–Kier alpha value is -3.31. The number of carbonyl (C=O) groups is 1. The van der Waals surface area contributed by atoms with Crippen LogP contribution >= 0.6 is 0 Å². The normalized spacial score (nSPS) is 19.4. The van der Waals surface area contributed by atoms with Crippen molar-refractivity contribution in [3.05, 3.63) is 95.6 Å².